The van der Waals surface area contributed by atoms with E-state index in [1.807, 2.05) is 13.0 Å². The Morgan fingerprint density at radius 3 is 2.52 bits per heavy atom. The highest BCUT2D eigenvalue weighted by molar-refractivity contribution is 6.07. The molecule has 8 nitrogen and oxygen atoms in total. The summed E-state index contributed by atoms with van der Waals surface area (Å²) in [6.07, 6.45) is 1.63. The minimum atomic E-state index is -1.16. The monoisotopic (exact) mass is 390 g/mol. The van der Waals surface area contributed by atoms with Gasteiger partial charge in [0.15, 0.2) is 0 Å². The quantitative estimate of drug-likeness (QED) is 0.593. The molecule has 1 aromatic heterocycles. The molecule has 3 N–H and O–H groups in total. The molecule has 1 aliphatic rings. The van der Waals surface area contributed by atoms with Gasteiger partial charge < -0.3 is 15.1 Å². The molecule has 3 aromatic rings. The summed E-state index contributed by atoms with van der Waals surface area (Å²) in [5.74, 6) is 0.448. The van der Waals surface area contributed by atoms with E-state index in [-0.39, 0.29) is 5.91 Å². The Labute approximate surface area is 166 Å². The number of imide groups is 1. The van der Waals surface area contributed by atoms with Crippen molar-refractivity contribution in [2.75, 3.05) is 5.32 Å². The van der Waals surface area contributed by atoms with Gasteiger partial charge in [0.1, 0.15) is 11.3 Å². The summed E-state index contributed by atoms with van der Waals surface area (Å²) >= 11 is 0. The van der Waals surface area contributed by atoms with Gasteiger partial charge in [-0.05, 0) is 49.7 Å². The number of urea groups is 1. The lowest BCUT2D eigenvalue weighted by Crippen LogP contribution is -2.40. The number of aryl methyl sites for hydroxylation is 1. The van der Waals surface area contributed by atoms with Crippen LogP contribution in [0.5, 0.6) is 0 Å². The first-order valence-electron chi connectivity index (χ1n) is 8.93. The van der Waals surface area contributed by atoms with Crippen molar-refractivity contribution in [2.24, 2.45) is 0 Å². The van der Waals surface area contributed by atoms with Crippen LogP contribution in [0, 0.1) is 6.92 Å². The number of carbonyl (C=O) groups excluding carboxylic acids is 3. The number of benzene rings is 2. The SMILES string of the molecule is Cc1cnc(-c2cccc(NC(=O)c3ccc(C4(C)NC(=O)NC4=O)cc3)c2)o1. The van der Waals surface area contributed by atoms with Crippen LogP contribution in [0.15, 0.2) is 59.1 Å². The Morgan fingerprint density at radius 2 is 1.90 bits per heavy atom. The van der Waals surface area contributed by atoms with Crippen LogP contribution in [0.1, 0.15) is 28.6 Å². The molecule has 0 bridgehead atoms. The predicted molar refractivity (Wildman–Crippen MR) is 105 cm³/mol. The third-order valence-electron chi connectivity index (χ3n) is 4.76. The predicted octanol–water partition coefficient (Wildman–Crippen LogP) is 2.96. The topological polar surface area (TPSA) is 113 Å². The fraction of sp³-hybridized carbons (Fsp3) is 0.143. The molecule has 0 saturated carbocycles. The zero-order chi connectivity index (χ0) is 20.6. The highest BCUT2D eigenvalue weighted by atomic mass is 16.4. The molecule has 4 amide bonds. The number of nitrogens with zero attached hydrogens (tertiary/aromatic N) is 1. The van der Waals surface area contributed by atoms with E-state index in [0.717, 1.165) is 5.56 Å². The van der Waals surface area contributed by atoms with Crippen molar-refractivity contribution in [2.45, 2.75) is 19.4 Å². The highest BCUT2D eigenvalue weighted by Gasteiger charge is 2.43. The summed E-state index contributed by atoms with van der Waals surface area (Å²) in [6, 6.07) is 13.2. The Bertz CT molecular complexity index is 1120. The lowest BCUT2D eigenvalue weighted by atomic mass is 9.91. The first-order chi connectivity index (χ1) is 13.8. The lowest BCUT2D eigenvalue weighted by molar-refractivity contribution is -0.123. The molecule has 4 rings (SSSR count). The van der Waals surface area contributed by atoms with Gasteiger partial charge >= 0.3 is 6.03 Å². The molecular weight excluding hydrogens is 372 g/mol. The molecule has 29 heavy (non-hydrogen) atoms. The van der Waals surface area contributed by atoms with E-state index in [2.05, 4.69) is 20.9 Å². The highest BCUT2D eigenvalue weighted by Crippen LogP contribution is 2.25. The number of anilines is 1. The van der Waals surface area contributed by atoms with Crippen molar-refractivity contribution in [3.05, 3.63) is 71.6 Å². The van der Waals surface area contributed by atoms with Gasteiger partial charge in [0.05, 0.1) is 6.20 Å². The molecule has 8 heteroatoms. The summed E-state index contributed by atoms with van der Waals surface area (Å²) in [7, 11) is 0. The molecule has 1 aliphatic heterocycles. The third-order valence-corrected chi connectivity index (χ3v) is 4.76. The van der Waals surface area contributed by atoms with Crippen molar-refractivity contribution in [1.29, 1.82) is 0 Å². The van der Waals surface area contributed by atoms with Crippen LogP contribution in [0.3, 0.4) is 0 Å². The van der Waals surface area contributed by atoms with Crippen molar-refractivity contribution < 1.29 is 18.8 Å². The summed E-state index contributed by atoms with van der Waals surface area (Å²) in [6.45, 7) is 3.42. The molecule has 1 unspecified atom stereocenters. The van der Waals surface area contributed by atoms with E-state index >= 15 is 0 Å². The maximum Gasteiger partial charge on any atom is 0.322 e. The number of oxazole rings is 1. The second-order valence-corrected chi connectivity index (χ2v) is 6.92. The normalized spacial score (nSPS) is 18.3. The minimum Gasteiger partial charge on any atom is -0.441 e. The number of amides is 4. The molecule has 0 spiro atoms. The van der Waals surface area contributed by atoms with Crippen molar-refractivity contribution in [3.63, 3.8) is 0 Å². The van der Waals surface area contributed by atoms with Crippen molar-refractivity contribution >= 4 is 23.5 Å². The van der Waals surface area contributed by atoms with E-state index in [4.69, 9.17) is 4.42 Å². The molecule has 1 fully saturated rings. The zero-order valence-corrected chi connectivity index (χ0v) is 15.8. The number of hydrogen-bond donors (Lipinski definition) is 3. The number of aromatic nitrogens is 1. The summed E-state index contributed by atoms with van der Waals surface area (Å²) in [5, 5.41) is 7.64. The van der Waals surface area contributed by atoms with Gasteiger partial charge in [-0.15, -0.1) is 0 Å². The number of carbonyl (C=O) groups is 3. The van der Waals surface area contributed by atoms with E-state index < -0.39 is 17.5 Å². The number of rotatable bonds is 4. The molecule has 0 aliphatic carbocycles. The fourth-order valence-corrected chi connectivity index (χ4v) is 3.12. The summed E-state index contributed by atoms with van der Waals surface area (Å²) in [4.78, 5) is 40.2. The lowest BCUT2D eigenvalue weighted by Gasteiger charge is -2.21. The van der Waals surface area contributed by atoms with Crippen LogP contribution in [0.4, 0.5) is 10.5 Å². The van der Waals surface area contributed by atoms with Gasteiger partial charge in [-0.25, -0.2) is 9.78 Å². The molecule has 2 aromatic carbocycles. The van der Waals surface area contributed by atoms with Crippen molar-refractivity contribution in [3.8, 4) is 11.5 Å². The smallest absolute Gasteiger partial charge is 0.322 e. The largest absolute Gasteiger partial charge is 0.441 e. The molecule has 146 valence electrons. The minimum absolute atomic E-state index is 0.303. The third kappa shape index (κ3) is 3.47. The first kappa shape index (κ1) is 18.4. The Morgan fingerprint density at radius 1 is 1.14 bits per heavy atom. The number of hydrogen-bond acceptors (Lipinski definition) is 5. The van der Waals surface area contributed by atoms with Gasteiger partial charge in [0.25, 0.3) is 11.8 Å². The average molecular weight is 390 g/mol. The summed E-state index contributed by atoms with van der Waals surface area (Å²) in [5.41, 5.74) is 1.19. The maximum absolute atomic E-state index is 12.6. The molecule has 1 saturated heterocycles. The molecule has 1 atom stereocenters. The Kier molecular flexibility index (Phi) is 4.38. The van der Waals surface area contributed by atoms with Crippen LogP contribution in [0.25, 0.3) is 11.5 Å². The fourth-order valence-electron chi connectivity index (χ4n) is 3.12. The van der Waals surface area contributed by atoms with E-state index in [1.165, 1.54) is 0 Å². The van der Waals surface area contributed by atoms with E-state index in [0.29, 0.717) is 28.5 Å². The van der Waals surface area contributed by atoms with Gasteiger partial charge in [-0.2, -0.15) is 0 Å². The van der Waals surface area contributed by atoms with Crippen molar-refractivity contribution in [1.82, 2.24) is 15.6 Å². The van der Waals surface area contributed by atoms with Crippen LogP contribution >= 0.6 is 0 Å². The number of nitrogens with one attached hydrogen (secondary N) is 3. The van der Waals surface area contributed by atoms with Gasteiger partial charge in [0, 0.05) is 16.8 Å². The summed E-state index contributed by atoms with van der Waals surface area (Å²) < 4.78 is 5.52. The Balaban J connectivity index is 1.51. The maximum atomic E-state index is 12.6. The van der Waals surface area contributed by atoms with E-state index in [1.54, 1.807) is 55.6 Å². The van der Waals surface area contributed by atoms with Gasteiger partial charge in [-0.3, -0.25) is 14.9 Å². The van der Waals surface area contributed by atoms with Crippen LogP contribution in [-0.4, -0.2) is 22.8 Å². The molecule has 2 heterocycles. The zero-order valence-electron chi connectivity index (χ0n) is 15.8. The average Bonchev–Trinajstić information content (AvgIpc) is 3.25. The molecular formula is C21H18N4O4. The standard InChI is InChI=1S/C21H18N4O4/c1-12-11-22-18(29-12)14-4-3-5-16(10-14)23-17(26)13-6-8-15(9-7-13)21(2)19(27)24-20(28)25-21/h3-11H,1-2H3,(H,23,26)(H2,24,25,27,28). The second-order valence-electron chi connectivity index (χ2n) is 6.92. The first-order valence-corrected chi connectivity index (χ1v) is 8.93. The Hall–Kier alpha value is -3.94. The van der Waals surface area contributed by atoms with Crippen LogP contribution < -0.4 is 16.0 Å². The molecule has 0 radical (unpaired) electrons. The van der Waals surface area contributed by atoms with Gasteiger partial charge in [0.2, 0.25) is 5.89 Å². The van der Waals surface area contributed by atoms with Crippen LogP contribution in [-0.2, 0) is 10.3 Å². The van der Waals surface area contributed by atoms with Gasteiger partial charge in [-0.1, -0.05) is 18.2 Å². The van der Waals surface area contributed by atoms with Crippen LogP contribution in [0.2, 0.25) is 0 Å². The second kappa shape index (κ2) is 6.90. The van der Waals surface area contributed by atoms with E-state index in [9.17, 15) is 14.4 Å².